The van der Waals surface area contributed by atoms with E-state index in [-0.39, 0.29) is 21.7 Å². The van der Waals surface area contributed by atoms with Crippen molar-refractivity contribution >= 4 is 33.2 Å². The smallest absolute Gasteiger partial charge is 0.246 e. The number of piperazine rings is 1. The van der Waals surface area contributed by atoms with Gasteiger partial charge in [0, 0.05) is 5.56 Å². The molecule has 0 atom stereocenters. The summed E-state index contributed by atoms with van der Waals surface area (Å²) < 4.78 is 38.1. The second-order valence-electron chi connectivity index (χ2n) is 6.57. The zero-order chi connectivity index (χ0) is 19.0. The Bertz CT molecular complexity index is 940. The molecular weight excluding hydrogens is 411 g/mol. The monoisotopic (exact) mass is 429 g/mol. The molecule has 2 aromatic rings. The summed E-state index contributed by atoms with van der Waals surface area (Å²) in [5.41, 5.74) is 1.14. The summed E-state index contributed by atoms with van der Waals surface area (Å²) in [4.78, 5) is 1.30. The highest BCUT2D eigenvalue weighted by Gasteiger charge is 2.33. The molecule has 0 aromatic heterocycles. The number of benzene rings is 2. The normalized spacial score (nSPS) is 18.0. The molecule has 1 N–H and O–H groups in total. The molecule has 0 amide bonds. The molecule has 27 heavy (non-hydrogen) atoms. The topological polar surface area (TPSA) is 60.3 Å². The zero-order valence-corrected chi connectivity index (χ0v) is 16.8. The van der Waals surface area contributed by atoms with E-state index in [0.717, 1.165) is 23.6 Å². The standard InChI is InChI=1S/C18H18Cl2N2O4S/c19-14-2-1-3-15(20)18(14)27(23,24)22-8-6-21(7-9-22)11-13-4-5-16-17(10-13)26-12-25-16/h1-5,10H,6-9,11-12H2/p+1. The first kappa shape index (κ1) is 18.8. The van der Waals surface area contributed by atoms with E-state index in [0.29, 0.717) is 26.2 Å². The Labute approximate surface area is 168 Å². The highest BCUT2D eigenvalue weighted by molar-refractivity contribution is 7.89. The summed E-state index contributed by atoms with van der Waals surface area (Å²) in [5, 5.41) is 0.301. The number of nitrogens with one attached hydrogen (secondary N) is 1. The predicted molar refractivity (Wildman–Crippen MR) is 102 cm³/mol. The molecule has 2 aliphatic heterocycles. The Balaban J connectivity index is 1.43. The number of ether oxygens (including phenoxy) is 2. The lowest BCUT2D eigenvalue weighted by Gasteiger charge is -2.32. The third-order valence-corrected chi connectivity index (χ3v) is 7.69. The number of halogens is 2. The van der Waals surface area contributed by atoms with E-state index in [1.807, 2.05) is 18.2 Å². The lowest BCUT2D eigenvalue weighted by atomic mass is 10.2. The van der Waals surface area contributed by atoms with Crippen LogP contribution < -0.4 is 14.4 Å². The Morgan fingerprint density at radius 3 is 2.37 bits per heavy atom. The molecule has 1 saturated heterocycles. The average molecular weight is 430 g/mol. The summed E-state index contributed by atoms with van der Waals surface area (Å²) in [6.07, 6.45) is 0. The van der Waals surface area contributed by atoms with Crippen LogP contribution >= 0.6 is 23.2 Å². The van der Waals surface area contributed by atoms with Crippen molar-refractivity contribution in [1.82, 2.24) is 4.31 Å². The van der Waals surface area contributed by atoms with Gasteiger partial charge in [-0.25, -0.2) is 8.42 Å². The zero-order valence-electron chi connectivity index (χ0n) is 14.5. The minimum atomic E-state index is -3.71. The van der Waals surface area contributed by atoms with Crippen LogP contribution in [-0.4, -0.2) is 45.7 Å². The van der Waals surface area contributed by atoms with Gasteiger partial charge < -0.3 is 14.4 Å². The highest BCUT2D eigenvalue weighted by atomic mass is 35.5. The van der Waals surface area contributed by atoms with E-state index in [1.165, 1.54) is 9.21 Å². The van der Waals surface area contributed by atoms with Gasteiger partial charge in [-0.2, -0.15) is 4.31 Å². The summed E-state index contributed by atoms with van der Waals surface area (Å²) in [6, 6.07) is 10.6. The van der Waals surface area contributed by atoms with Gasteiger partial charge in [0.2, 0.25) is 16.8 Å². The molecule has 0 radical (unpaired) electrons. The number of rotatable bonds is 4. The molecule has 0 saturated carbocycles. The molecule has 9 heteroatoms. The maximum absolute atomic E-state index is 12.9. The Hall–Kier alpha value is -1.51. The van der Waals surface area contributed by atoms with Crippen LogP contribution in [0, 0.1) is 0 Å². The molecule has 6 nitrogen and oxygen atoms in total. The van der Waals surface area contributed by atoms with Gasteiger partial charge in [0.05, 0.1) is 36.2 Å². The van der Waals surface area contributed by atoms with Crippen molar-refractivity contribution in [1.29, 1.82) is 0 Å². The van der Waals surface area contributed by atoms with E-state index < -0.39 is 10.0 Å². The van der Waals surface area contributed by atoms with Gasteiger partial charge in [0.25, 0.3) is 0 Å². The maximum Gasteiger partial charge on any atom is 0.246 e. The van der Waals surface area contributed by atoms with Crippen molar-refractivity contribution in [3.63, 3.8) is 0 Å². The molecule has 4 rings (SSSR count). The van der Waals surface area contributed by atoms with Crippen molar-refractivity contribution in [3.8, 4) is 11.5 Å². The molecule has 2 aromatic carbocycles. The van der Waals surface area contributed by atoms with Gasteiger partial charge in [-0.05, 0) is 30.3 Å². The van der Waals surface area contributed by atoms with Crippen LogP contribution in [0.25, 0.3) is 0 Å². The van der Waals surface area contributed by atoms with E-state index in [9.17, 15) is 8.42 Å². The molecule has 0 unspecified atom stereocenters. The molecule has 144 valence electrons. The molecule has 0 aliphatic carbocycles. The third-order valence-electron chi connectivity index (χ3n) is 4.84. The number of sulfonamides is 1. The number of hydrogen-bond donors (Lipinski definition) is 1. The van der Waals surface area contributed by atoms with E-state index in [2.05, 4.69) is 0 Å². The van der Waals surface area contributed by atoms with Crippen LogP contribution in [-0.2, 0) is 16.6 Å². The van der Waals surface area contributed by atoms with Crippen LogP contribution in [0.1, 0.15) is 5.56 Å². The second-order valence-corrected chi connectivity index (χ2v) is 9.26. The lowest BCUT2D eigenvalue weighted by Crippen LogP contribution is -3.13. The summed E-state index contributed by atoms with van der Waals surface area (Å²) in [6.45, 7) is 3.31. The SMILES string of the molecule is O=S(=O)(c1c(Cl)cccc1Cl)N1CC[NH+](Cc2ccc3c(c2)OCO3)CC1. The van der Waals surface area contributed by atoms with Crippen molar-refractivity contribution in [2.24, 2.45) is 0 Å². The molecule has 0 bridgehead atoms. The third kappa shape index (κ3) is 3.75. The first-order valence-electron chi connectivity index (χ1n) is 8.61. The van der Waals surface area contributed by atoms with Crippen LogP contribution in [0.3, 0.4) is 0 Å². The molecule has 2 aliphatic rings. The minimum Gasteiger partial charge on any atom is -0.454 e. The fourth-order valence-electron chi connectivity index (χ4n) is 3.42. The van der Waals surface area contributed by atoms with E-state index in [1.54, 1.807) is 18.2 Å². The Morgan fingerprint density at radius 2 is 1.67 bits per heavy atom. The second kappa shape index (κ2) is 7.48. The fourth-order valence-corrected chi connectivity index (χ4v) is 5.95. The first-order valence-corrected chi connectivity index (χ1v) is 10.8. The van der Waals surface area contributed by atoms with Crippen LogP contribution in [0.5, 0.6) is 11.5 Å². The average Bonchev–Trinajstić information content (AvgIpc) is 3.09. The van der Waals surface area contributed by atoms with Gasteiger partial charge in [-0.1, -0.05) is 29.3 Å². The van der Waals surface area contributed by atoms with Gasteiger partial charge in [-0.15, -0.1) is 0 Å². The van der Waals surface area contributed by atoms with Crippen LogP contribution in [0.2, 0.25) is 10.0 Å². The lowest BCUT2D eigenvalue weighted by molar-refractivity contribution is -0.917. The molecule has 2 heterocycles. The summed E-state index contributed by atoms with van der Waals surface area (Å²) >= 11 is 12.2. The van der Waals surface area contributed by atoms with Crippen LogP contribution in [0.4, 0.5) is 0 Å². The summed E-state index contributed by atoms with van der Waals surface area (Å²) in [7, 11) is -3.71. The van der Waals surface area contributed by atoms with Gasteiger partial charge in [0.15, 0.2) is 11.5 Å². The van der Waals surface area contributed by atoms with Crippen molar-refractivity contribution in [2.45, 2.75) is 11.4 Å². The Morgan fingerprint density at radius 1 is 1.00 bits per heavy atom. The number of quaternary nitrogens is 1. The molecular formula is C18H19Cl2N2O4S+. The number of fused-ring (bicyclic) bond motifs is 1. The summed E-state index contributed by atoms with van der Waals surface area (Å²) in [5.74, 6) is 1.53. The minimum absolute atomic E-state index is 0.00689. The largest absolute Gasteiger partial charge is 0.454 e. The molecule has 0 spiro atoms. The van der Waals surface area contributed by atoms with Crippen LogP contribution in [0.15, 0.2) is 41.3 Å². The van der Waals surface area contributed by atoms with Crippen molar-refractivity contribution in [3.05, 3.63) is 52.0 Å². The van der Waals surface area contributed by atoms with E-state index >= 15 is 0 Å². The number of hydrogen-bond acceptors (Lipinski definition) is 4. The first-order chi connectivity index (χ1) is 12.9. The van der Waals surface area contributed by atoms with Gasteiger partial charge >= 0.3 is 0 Å². The maximum atomic E-state index is 12.9. The highest BCUT2D eigenvalue weighted by Crippen LogP contribution is 2.33. The Kier molecular flexibility index (Phi) is 5.22. The van der Waals surface area contributed by atoms with E-state index in [4.69, 9.17) is 32.7 Å². The predicted octanol–water partition coefficient (Wildman–Crippen LogP) is 1.81. The fraction of sp³-hybridized carbons (Fsp3) is 0.333. The van der Waals surface area contributed by atoms with Crippen molar-refractivity contribution in [2.75, 3.05) is 33.0 Å². The van der Waals surface area contributed by atoms with Gasteiger partial charge in [0.1, 0.15) is 11.4 Å². The molecule has 1 fully saturated rings. The number of nitrogens with zero attached hydrogens (tertiary/aromatic N) is 1. The van der Waals surface area contributed by atoms with Crippen molar-refractivity contribution < 1.29 is 22.8 Å². The van der Waals surface area contributed by atoms with Gasteiger partial charge in [-0.3, -0.25) is 0 Å². The quantitative estimate of drug-likeness (QED) is 0.804.